The minimum atomic E-state index is -4.27. The quantitative estimate of drug-likeness (QED) is 0.628. The van der Waals surface area contributed by atoms with Gasteiger partial charge in [-0.15, -0.1) is 0 Å². The molecule has 4 nitrogen and oxygen atoms in total. The molecular weight excluding hydrogens is 274 g/mol. The van der Waals surface area contributed by atoms with Crippen LogP contribution in [0.15, 0.2) is 60.3 Å². The van der Waals surface area contributed by atoms with E-state index in [1.165, 1.54) is 12.1 Å². The van der Waals surface area contributed by atoms with E-state index in [1.54, 1.807) is 12.1 Å². The van der Waals surface area contributed by atoms with Crippen LogP contribution in [0.25, 0.3) is 6.08 Å². The number of hydrogen-bond donors (Lipinski definition) is 0. The van der Waals surface area contributed by atoms with E-state index in [-0.39, 0.29) is 4.90 Å². The molecule has 0 saturated heterocycles. The Morgan fingerprint density at radius 2 is 1.60 bits per heavy atom. The number of rotatable bonds is 2. The molecular formula is C15H17NO3S. The summed E-state index contributed by atoms with van der Waals surface area (Å²) in [5.41, 5.74) is 2.09. The average Bonchev–Trinajstić information content (AvgIpc) is 2.40. The van der Waals surface area contributed by atoms with E-state index < -0.39 is 10.1 Å². The lowest BCUT2D eigenvalue weighted by Gasteiger charge is -2.05. The van der Waals surface area contributed by atoms with Gasteiger partial charge in [0.25, 0.3) is 0 Å². The summed E-state index contributed by atoms with van der Waals surface area (Å²) in [5, 5.41) is 0. The maximum atomic E-state index is 10.4. The molecule has 1 aromatic carbocycles. The van der Waals surface area contributed by atoms with Crippen LogP contribution in [0.1, 0.15) is 11.1 Å². The Morgan fingerprint density at radius 1 is 1.10 bits per heavy atom. The van der Waals surface area contributed by atoms with Crippen molar-refractivity contribution in [2.24, 2.45) is 7.05 Å². The summed E-state index contributed by atoms with van der Waals surface area (Å²) in [7, 11) is -2.28. The first kappa shape index (κ1) is 16.1. The van der Waals surface area contributed by atoms with Gasteiger partial charge in [-0.2, -0.15) is 0 Å². The zero-order valence-electron chi connectivity index (χ0n) is 11.5. The van der Waals surface area contributed by atoms with E-state index in [2.05, 4.69) is 6.58 Å². The second kappa shape index (κ2) is 6.98. The van der Waals surface area contributed by atoms with Crippen molar-refractivity contribution in [2.45, 2.75) is 11.8 Å². The molecule has 0 aliphatic carbocycles. The molecule has 0 bridgehead atoms. The number of aryl methyl sites for hydroxylation is 2. The fourth-order valence-corrected chi connectivity index (χ4v) is 1.82. The van der Waals surface area contributed by atoms with Crippen LogP contribution in [0.3, 0.4) is 0 Å². The first-order valence-electron chi connectivity index (χ1n) is 5.93. The number of benzene rings is 1. The van der Waals surface area contributed by atoms with Crippen LogP contribution in [-0.2, 0) is 17.2 Å². The lowest BCUT2D eigenvalue weighted by atomic mass is 10.2. The van der Waals surface area contributed by atoms with E-state index in [9.17, 15) is 13.0 Å². The van der Waals surface area contributed by atoms with Crippen LogP contribution in [0, 0.1) is 6.92 Å². The van der Waals surface area contributed by atoms with Gasteiger partial charge < -0.3 is 4.55 Å². The van der Waals surface area contributed by atoms with Crippen molar-refractivity contribution in [1.29, 1.82) is 0 Å². The maximum absolute atomic E-state index is 10.4. The Morgan fingerprint density at radius 3 is 2.00 bits per heavy atom. The molecule has 0 N–H and O–H groups in total. The Kier molecular flexibility index (Phi) is 5.61. The molecule has 0 aliphatic rings. The molecule has 0 atom stereocenters. The Hall–Kier alpha value is -1.98. The minimum absolute atomic E-state index is 0.178. The van der Waals surface area contributed by atoms with Crippen LogP contribution in [0.4, 0.5) is 0 Å². The van der Waals surface area contributed by atoms with Gasteiger partial charge >= 0.3 is 0 Å². The van der Waals surface area contributed by atoms with Gasteiger partial charge in [0.15, 0.2) is 12.4 Å². The highest BCUT2D eigenvalue weighted by Gasteiger charge is 1.97. The van der Waals surface area contributed by atoms with Crippen LogP contribution < -0.4 is 4.57 Å². The topological polar surface area (TPSA) is 61.1 Å². The standard InChI is InChI=1S/C8H10N.C7H8O3S/c1-3-8-4-6-9(2)7-5-8;1-6-2-4-7(5-3-6)11(8,9)10/h3-7H,1H2,2H3;2-5H,1H3,(H,8,9,10)/q+1;/p-1. The molecule has 5 heteroatoms. The lowest BCUT2D eigenvalue weighted by Crippen LogP contribution is -2.25. The van der Waals surface area contributed by atoms with Gasteiger partial charge in [-0.3, -0.25) is 0 Å². The van der Waals surface area contributed by atoms with Gasteiger partial charge in [0.05, 0.1) is 4.90 Å². The highest BCUT2D eigenvalue weighted by Crippen LogP contribution is 2.08. The van der Waals surface area contributed by atoms with E-state index in [0.717, 1.165) is 11.1 Å². The molecule has 0 radical (unpaired) electrons. The van der Waals surface area contributed by atoms with E-state index in [0.29, 0.717) is 0 Å². The molecule has 20 heavy (non-hydrogen) atoms. The Bertz CT molecular complexity index is 659. The summed E-state index contributed by atoms with van der Waals surface area (Å²) < 4.78 is 33.2. The average molecular weight is 291 g/mol. The largest absolute Gasteiger partial charge is 0.744 e. The highest BCUT2D eigenvalue weighted by molar-refractivity contribution is 7.85. The fourth-order valence-electron chi connectivity index (χ4n) is 1.35. The molecule has 0 aliphatic heterocycles. The van der Waals surface area contributed by atoms with Crippen molar-refractivity contribution in [2.75, 3.05) is 0 Å². The second-order valence-electron chi connectivity index (χ2n) is 4.27. The van der Waals surface area contributed by atoms with Crippen molar-refractivity contribution < 1.29 is 17.5 Å². The van der Waals surface area contributed by atoms with Gasteiger partial charge in [0.1, 0.15) is 17.2 Å². The third-order valence-corrected chi connectivity index (χ3v) is 3.40. The SMILES string of the molecule is C=Cc1cc[n+](C)cc1.Cc1ccc(S(=O)(=O)[O-])cc1. The van der Waals surface area contributed by atoms with Crippen molar-refractivity contribution in [3.63, 3.8) is 0 Å². The van der Waals surface area contributed by atoms with Gasteiger partial charge in [0.2, 0.25) is 0 Å². The highest BCUT2D eigenvalue weighted by atomic mass is 32.2. The molecule has 0 saturated carbocycles. The fraction of sp³-hybridized carbons (Fsp3) is 0.133. The molecule has 2 rings (SSSR count). The van der Waals surface area contributed by atoms with Crippen LogP contribution >= 0.6 is 0 Å². The number of nitrogens with zero attached hydrogens (tertiary/aromatic N) is 1. The summed E-state index contributed by atoms with van der Waals surface area (Å²) >= 11 is 0. The molecule has 0 amide bonds. The predicted octanol–water partition coefficient (Wildman–Crippen LogP) is 2.05. The van der Waals surface area contributed by atoms with E-state index in [4.69, 9.17) is 0 Å². The monoisotopic (exact) mass is 291 g/mol. The summed E-state index contributed by atoms with van der Waals surface area (Å²) in [6.07, 6.45) is 5.83. The smallest absolute Gasteiger partial charge is 0.169 e. The third kappa shape index (κ3) is 5.34. The van der Waals surface area contributed by atoms with Gasteiger partial charge in [-0.1, -0.05) is 30.4 Å². The van der Waals surface area contributed by atoms with Crippen LogP contribution in [0.2, 0.25) is 0 Å². The number of pyridine rings is 1. The molecule has 106 valence electrons. The number of hydrogen-bond acceptors (Lipinski definition) is 3. The predicted molar refractivity (Wildman–Crippen MR) is 76.9 cm³/mol. The lowest BCUT2D eigenvalue weighted by molar-refractivity contribution is -0.671. The summed E-state index contributed by atoms with van der Waals surface area (Å²) in [5.74, 6) is 0. The molecule has 0 spiro atoms. The first-order valence-corrected chi connectivity index (χ1v) is 7.34. The molecule has 1 heterocycles. The first-order chi connectivity index (χ1) is 9.32. The summed E-state index contributed by atoms with van der Waals surface area (Å²) in [4.78, 5) is -0.178. The van der Waals surface area contributed by atoms with Gasteiger partial charge in [-0.05, 0) is 24.6 Å². The van der Waals surface area contributed by atoms with Crippen LogP contribution in [0.5, 0.6) is 0 Å². The zero-order valence-corrected chi connectivity index (χ0v) is 12.3. The third-order valence-electron chi connectivity index (χ3n) is 2.55. The summed E-state index contributed by atoms with van der Waals surface area (Å²) in [6.45, 7) is 5.47. The molecule has 0 unspecified atom stereocenters. The van der Waals surface area contributed by atoms with Crippen molar-refractivity contribution >= 4 is 16.2 Å². The van der Waals surface area contributed by atoms with Crippen molar-refractivity contribution in [1.82, 2.24) is 0 Å². The number of aromatic nitrogens is 1. The van der Waals surface area contributed by atoms with Gasteiger partial charge in [0, 0.05) is 12.1 Å². The van der Waals surface area contributed by atoms with Crippen molar-refractivity contribution in [3.8, 4) is 0 Å². The molecule has 1 aromatic heterocycles. The van der Waals surface area contributed by atoms with Crippen LogP contribution in [-0.4, -0.2) is 13.0 Å². The molecule has 0 fully saturated rings. The Balaban J connectivity index is 0.000000204. The molecule has 2 aromatic rings. The zero-order chi connectivity index (χ0) is 15.2. The summed E-state index contributed by atoms with van der Waals surface area (Å²) in [6, 6.07) is 9.82. The minimum Gasteiger partial charge on any atom is -0.744 e. The second-order valence-corrected chi connectivity index (χ2v) is 5.65. The van der Waals surface area contributed by atoms with E-state index >= 15 is 0 Å². The Labute approximate surface area is 119 Å². The maximum Gasteiger partial charge on any atom is 0.169 e. The van der Waals surface area contributed by atoms with Gasteiger partial charge in [-0.25, -0.2) is 13.0 Å². The van der Waals surface area contributed by atoms with Crippen molar-refractivity contribution in [3.05, 3.63) is 66.5 Å². The van der Waals surface area contributed by atoms with E-state index in [1.807, 2.05) is 49.1 Å². The normalized spacial score (nSPS) is 10.3.